The number of imide groups is 2. The Bertz CT molecular complexity index is 956. The molecule has 1 aromatic rings. The zero-order chi connectivity index (χ0) is 21.6. The van der Waals surface area contributed by atoms with Gasteiger partial charge in [-0.25, -0.2) is 4.79 Å². The number of anilines is 1. The molecule has 2 atom stereocenters. The molecule has 0 bridgehead atoms. The fourth-order valence-electron chi connectivity index (χ4n) is 4.75. The highest BCUT2D eigenvalue weighted by Crippen LogP contribution is 2.48. The highest BCUT2D eigenvalue weighted by atomic mass is 16.6. The first-order valence-corrected chi connectivity index (χ1v) is 9.65. The van der Waals surface area contributed by atoms with Crippen molar-refractivity contribution in [2.75, 3.05) is 18.1 Å². The van der Waals surface area contributed by atoms with Crippen molar-refractivity contribution in [1.29, 1.82) is 0 Å². The molecule has 2 N–H and O–H groups in total. The average molecular weight is 416 g/mol. The number of nitrogens with one attached hydrogen (secondary N) is 2. The lowest BCUT2D eigenvalue weighted by molar-refractivity contribution is -0.384. The van der Waals surface area contributed by atoms with Gasteiger partial charge in [0.2, 0.25) is 11.8 Å². The molecule has 0 aliphatic carbocycles. The second-order valence-electron chi connectivity index (χ2n) is 7.64. The standard InChI is InChI=1S/C19H20N4O7/c1-2-30-15(24)10-5-6-22-13-4-3-12(23(28)29)7-11(13)9-19(14(22)8-10)16(25)20-18(27)21-17(19)26/h3-4,7,10,14H,2,5-6,8-9H2,1H3,(H2,20,21,25,26,27). The summed E-state index contributed by atoms with van der Waals surface area (Å²) >= 11 is 0. The number of urea groups is 1. The number of ether oxygens (including phenoxy) is 1. The molecule has 3 aliphatic rings. The van der Waals surface area contributed by atoms with Crippen molar-refractivity contribution < 1.29 is 28.8 Å². The first-order valence-electron chi connectivity index (χ1n) is 9.65. The lowest BCUT2D eigenvalue weighted by Crippen LogP contribution is -2.72. The van der Waals surface area contributed by atoms with Gasteiger partial charge in [-0.3, -0.25) is 35.1 Å². The summed E-state index contributed by atoms with van der Waals surface area (Å²) in [6.45, 7) is 2.28. The zero-order valence-corrected chi connectivity index (χ0v) is 16.2. The molecule has 0 radical (unpaired) electrons. The second kappa shape index (κ2) is 7.08. The van der Waals surface area contributed by atoms with Crippen LogP contribution < -0.4 is 15.5 Å². The molecule has 3 aliphatic heterocycles. The fraction of sp³-hybridized carbons (Fsp3) is 0.474. The summed E-state index contributed by atoms with van der Waals surface area (Å²) in [6.07, 6.45) is 0.514. The number of nitro benzene ring substituents is 1. The SMILES string of the molecule is CCOC(=O)C1CCN2c3ccc([N+](=O)[O-])cc3CC3(C(=O)NC(=O)NC3=O)C2C1. The lowest BCUT2D eigenvalue weighted by Gasteiger charge is -2.53. The van der Waals surface area contributed by atoms with E-state index in [2.05, 4.69) is 10.6 Å². The molecular formula is C19H20N4O7. The third-order valence-electron chi connectivity index (χ3n) is 6.11. The third-order valence-corrected chi connectivity index (χ3v) is 6.11. The van der Waals surface area contributed by atoms with Crippen LogP contribution in [0.15, 0.2) is 18.2 Å². The van der Waals surface area contributed by atoms with Crippen LogP contribution in [0.4, 0.5) is 16.2 Å². The van der Waals surface area contributed by atoms with Crippen molar-refractivity contribution in [2.45, 2.75) is 32.2 Å². The molecule has 0 aromatic heterocycles. The molecule has 11 nitrogen and oxygen atoms in total. The number of amides is 4. The van der Waals surface area contributed by atoms with E-state index in [0.717, 1.165) is 0 Å². The molecule has 2 unspecified atom stereocenters. The summed E-state index contributed by atoms with van der Waals surface area (Å²) < 4.78 is 5.13. The third kappa shape index (κ3) is 2.88. The molecule has 2 fully saturated rings. The number of carbonyl (C=O) groups is 4. The van der Waals surface area contributed by atoms with Gasteiger partial charge in [-0.05, 0) is 31.4 Å². The minimum Gasteiger partial charge on any atom is -0.466 e. The van der Waals surface area contributed by atoms with Crippen LogP contribution in [0.25, 0.3) is 0 Å². The van der Waals surface area contributed by atoms with Gasteiger partial charge in [0, 0.05) is 30.8 Å². The predicted molar refractivity (Wildman–Crippen MR) is 101 cm³/mol. The molecule has 2 saturated heterocycles. The van der Waals surface area contributed by atoms with E-state index in [1.807, 2.05) is 4.90 Å². The number of hydrogen-bond acceptors (Lipinski definition) is 8. The molecule has 1 spiro atoms. The van der Waals surface area contributed by atoms with E-state index in [-0.39, 0.29) is 25.1 Å². The van der Waals surface area contributed by atoms with E-state index in [4.69, 9.17) is 4.74 Å². The smallest absolute Gasteiger partial charge is 0.328 e. The number of fused-ring (bicyclic) bond motifs is 4. The summed E-state index contributed by atoms with van der Waals surface area (Å²) in [6, 6.07) is 2.70. The molecule has 11 heteroatoms. The van der Waals surface area contributed by atoms with Crippen LogP contribution in [0.3, 0.4) is 0 Å². The van der Waals surface area contributed by atoms with Gasteiger partial charge in [0.25, 0.3) is 5.69 Å². The quantitative estimate of drug-likeness (QED) is 0.316. The van der Waals surface area contributed by atoms with Crippen molar-refractivity contribution in [3.05, 3.63) is 33.9 Å². The number of non-ortho nitro benzene ring substituents is 1. The largest absolute Gasteiger partial charge is 0.466 e. The summed E-state index contributed by atoms with van der Waals surface area (Å²) in [4.78, 5) is 62.6. The van der Waals surface area contributed by atoms with E-state index in [0.29, 0.717) is 24.2 Å². The number of nitrogens with zero attached hydrogens (tertiary/aromatic N) is 2. The van der Waals surface area contributed by atoms with Crippen molar-refractivity contribution >= 4 is 35.2 Å². The molecule has 30 heavy (non-hydrogen) atoms. The Kier molecular flexibility index (Phi) is 4.67. The molecule has 3 heterocycles. The maximum atomic E-state index is 13.0. The summed E-state index contributed by atoms with van der Waals surface area (Å²) in [7, 11) is 0. The lowest BCUT2D eigenvalue weighted by atomic mass is 9.65. The number of barbiturate groups is 1. The number of nitro groups is 1. The van der Waals surface area contributed by atoms with Crippen molar-refractivity contribution in [3.63, 3.8) is 0 Å². The van der Waals surface area contributed by atoms with Crippen molar-refractivity contribution in [1.82, 2.24) is 10.6 Å². The van der Waals surface area contributed by atoms with E-state index < -0.39 is 46.1 Å². The van der Waals surface area contributed by atoms with E-state index in [1.165, 1.54) is 12.1 Å². The molecule has 4 rings (SSSR count). The van der Waals surface area contributed by atoms with Gasteiger partial charge in [-0.15, -0.1) is 0 Å². The van der Waals surface area contributed by atoms with E-state index >= 15 is 0 Å². The first-order chi connectivity index (χ1) is 14.3. The molecule has 1 aromatic carbocycles. The van der Waals surface area contributed by atoms with E-state index in [1.54, 1.807) is 13.0 Å². The van der Waals surface area contributed by atoms with Gasteiger partial charge in [-0.2, -0.15) is 0 Å². The summed E-state index contributed by atoms with van der Waals surface area (Å²) in [5.41, 5.74) is -0.705. The average Bonchev–Trinajstić information content (AvgIpc) is 2.71. The Morgan fingerprint density at radius 1 is 1.30 bits per heavy atom. The number of rotatable bonds is 3. The molecular weight excluding hydrogens is 396 g/mol. The fourth-order valence-corrected chi connectivity index (χ4v) is 4.75. The second-order valence-corrected chi connectivity index (χ2v) is 7.64. The van der Waals surface area contributed by atoms with Crippen LogP contribution in [-0.2, 0) is 25.5 Å². The topological polar surface area (TPSA) is 148 Å². The Morgan fingerprint density at radius 2 is 2.00 bits per heavy atom. The van der Waals surface area contributed by atoms with Crippen LogP contribution in [0, 0.1) is 21.4 Å². The van der Waals surface area contributed by atoms with Gasteiger partial charge in [-0.1, -0.05) is 0 Å². The van der Waals surface area contributed by atoms with Crippen LogP contribution >= 0.6 is 0 Å². The number of hydrogen-bond donors (Lipinski definition) is 2. The Hall–Kier alpha value is -3.50. The minimum atomic E-state index is -1.69. The molecule has 0 saturated carbocycles. The van der Waals surface area contributed by atoms with Gasteiger partial charge in [0.15, 0.2) is 5.41 Å². The first kappa shape index (κ1) is 19.8. The maximum absolute atomic E-state index is 13.0. The highest BCUT2D eigenvalue weighted by molar-refractivity contribution is 6.20. The predicted octanol–water partition coefficient (Wildman–Crippen LogP) is 0.651. The van der Waals surface area contributed by atoms with E-state index in [9.17, 15) is 29.3 Å². The number of piperidine rings is 1. The molecule has 158 valence electrons. The van der Waals surface area contributed by atoms with Crippen LogP contribution in [0.5, 0.6) is 0 Å². The van der Waals surface area contributed by atoms with Gasteiger partial charge in [0.1, 0.15) is 0 Å². The van der Waals surface area contributed by atoms with Gasteiger partial charge < -0.3 is 9.64 Å². The van der Waals surface area contributed by atoms with Gasteiger partial charge >= 0.3 is 12.0 Å². The Balaban J connectivity index is 1.81. The monoisotopic (exact) mass is 416 g/mol. The maximum Gasteiger partial charge on any atom is 0.328 e. The Labute approximate surface area is 170 Å². The number of carbonyl (C=O) groups excluding carboxylic acids is 4. The van der Waals surface area contributed by atoms with Crippen molar-refractivity contribution in [3.8, 4) is 0 Å². The van der Waals surface area contributed by atoms with Crippen LogP contribution in [-0.4, -0.2) is 47.9 Å². The number of esters is 1. The van der Waals surface area contributed by atoms with Crippen LogP contribution in [0.1, 0.15) is 25.3 Å². The van der Waals surface area contributed by atoms with Crippen molar-refractivity contribution in [2.24, 2.45) is 11.3 Å². The highest BCUT2D eigenvalue weighted by Gasteiger charge is 2.61. The Morgan fingerprint density at radius 3 is 2.63 bits per heavy atom. The van der Waals surface area contributed by atoms with Gasteiger partial charge in [0.05, 0.1) is 23.5 Å². The minimum absolute atomic E-state index is 0.119. The molecule has 4 amide bonds. The number of benzene rings is 1. The summed E-state index contributed by atoms with van der Waals surface area (Å²) in [5.74, 6) is -2.43. The zero-order valence-electron chi connectivity index (χ0n) is 16.2. The summed E-state index contributed by atoms with van der Waals surface area (Å²) in [5, 5.41) is 15.5. The normalized spacial score (nSPS) is 24.4. The van der Waals surface area contributed by atoms with Crippen LogP contribution in [0.2, 0.25) is 0 Å².